The summed E-state index contributed by atoms with van der Waals surface area (Å²) < 4.78 is 40.0. The quantitative estimate of drug-likeness (QED) is 0.845. The topological polar surface area (TPSA) is 37.4 Å². The Morgan fingerprint density at radius 2 is 1.83 bits per heavy atom. The number of benzene rings is 1. The van der Waals surface area contributed by atoms with Gasteiger partial charge in [-0.3, -0.25) is 0 Å². The fourth-order valence-electron chi connectivity index (χ4n) is 1.48. The standard InChI is InChI=1S/C12H17BrFNO2S/c1-8(2)9(3)15(4)18(16,17)12-6-5-10(13)7-11(12)14/h5-9H,1-4H3. The van der Waals surface area contributed by atoms with Crippen molar-refractivity contribution in [2.75, 3.05) is 7.05 Å². The van der Waals surface area contributed by atoms with E-state index in [1.807, 2.05) is 13.8 Å². The second-order valence-electron chi connectivity index (χ2n) is 4.58. The first-order chi connectivity index (χ1) is 8.17. The highest BCUT2D eigenvalue weighted by atomic mass is 79.9. The molecule has 0 N–H and O–H groups in total. The van der Waals surface area contributed by atoms with Gasteiger partial charge >= 0.3 is 0 Å². The Labute approximate surface area is 116 Å². The highest BCUT2D eigenvalue weighted by molar-refractivity contribution is 9.10. The molecule has 3 nitrogen and oxygen atoms in total. The maximum absolute atomic E-state index is 13.7. The van der Waals surface area contributed by atoms with Crippen LogP contribution >= 0.6 is 15.9 Å². The molecule has 1 rings (SSSR count). The molecule has 0 fully saturated rings. The Kier molecular flexibility index (Phi) is 4.91. The number of rotatable bonds is 4. The van der Waals surface area contributed by atoms with Crippen LogP contribution in [0, 0.1) is 11.7 Å². The highest BCUT2D eigenvalue weighted by Gasteiger charge is 2.29. The summed E-state index contributed by atoms with van der Waals surface area (Å²) in [5.41, 5.74) is 0. The van der Waals surface area contributed by atoms with E-state index in [9.17, 15) is 12.8 Å². The first kappa shape index (κ1) is 15.6. The average molecular weight is 338 g/mol. The minimum Gasteiger partial charge on any atom is -0.207 e. The van der Waals surface area contributed by atoms with Crippen LogP contribution in [0.25, 0.3) is 0 Å². The Morgan fingerprint density at radius 3 is 2.28 bits per heavy atom. The Balaban J connectivity index is 3.21. The van der Waals surface area contributed by atoms with Gasteiger partial charge in [0.25, 0.3) is 0 Å². The molecule has 0 heterocycles. The Bertz CT molecular complexity index is 531. The summed E-state index contributed by atoms with van der Waals surface area (Å²) in [4.78, 5) is -0.291. The van der Waals surface area contributed by atoms with Gasteiger partial charge in [-0.1, -0.05) is 29.8 Å². The van der Waals surface area contributed by atoms with E-state index in [4.69, 9.17) is 0 Å². The summed E-state index contributed by atoms with van der Waals surface area (Å²) in [7, 11) is -2.32. The second-order valence-corrected chi connectivity index (χ2v) is 7.46. The van der Waals surface area contributed by atoms with Crippen LogP contribution in [-0.4, -0.2) is 25.8 Å². The summed E-state index contributed by atoms with van der Waals surface area (Å²) in [6, 6.07) is 3.75. The van der Waals surface area contributed by atoms with Crippen molar-refractivity contribution in [3.8, 4) is 0 Å². The molecule has 1 atom stereocenters. The maximum atomic E-state index is 13.7. The van der Waals surface area contributed by atoms with Crippen molar-refractivity contribution in [1.29, 1.82) is 0 Å². The van der Waals surface area contributed by atoms with Crippen molar-refractivity contribution in [1.82, 2.24) is 4.31 Å². The first-order valence-electron chi connectivity index (χ1n) is 5.61. The molecule has 1 unspecified atom stereocenters. The molecule has 0 bridgehead atoms. The minimum atomic E-state index is -3.79. The van der Waals surface area contributed by atoms with E-state index in [0.29, 0.717) is 4.47 Å². The fourth-order valence-corrected chi connectivity index (χ4v) is 3.35. The lowest BCUT2D eigenvalue weighted by atomic mass is 10.1. The van der Waals surface area contributed by atoms with Gasteiger partial charge in [-0.05, 0) is 31.0 Å². The third-order valence-electron chi connectivity index (χ3n) is 3.09. The number of hydrogen-bond acceptors (Lipinski definition) is 2. The van der Waals surface area contributed by atoms with E-state index in [-0.39, 0.29) is 16.9 Å². The molecule has 1 aromatic rings. The van der Waals surface area contributed by atoms with E-state index < -0.39 is 15.8 Å². The monoisotopic (exact) mass is 337 g/mol. The van der Waals surface area contributed by atoms with Crippen LogP contribution in [0.2, 0.25) is 0 Å². The summed E-state index contributed by atoms with van der Waals surface area (Å²) in [6.07, 6.45) is 0. The van der Waals surface area contributed by atoms with Crippen molar-refractivity contribution in [2.45, 2.75) is 31.7 Å². The van der Waals surface area contributed by atoms with Gasteiger partial charge in [0.15, 0.2) is 0 Å². The maximum Gasteiger partial charge on any atom is 0.245 e. The van der Waals surface area contributed by atoms with E-state index in [1.54, 1.807) is 6.92 Å². The fraction of sp³-hybridized carbons (Fsp3) is 0.500. The number of nitrogens with zero attached hydrogens (tertiary/aromatic N) is 1. The SMILES string of the molecule is CC(C)C(C)N(C)S(=O)(=O)c1ccc(Br)cc1F. The molecule has 0 spiro atoms. The van der Waals surface area contributed by atoms with Crippen LogP contribution in [0.3, 0.4) is 0 Å². The minimum absolute atomic E-state index is 0.156. The highest BCUT2D eigenvalue weighted by Crippen LogP contribution is 2.24. The van der Waals surface area contributed by atoms with Crippen molar-refractivity contribution >= 4 is 26.0 Å². The predicted molar refractivity (Wildman–Crippen MR) is 73.3 cm³/mol. The van der Waals surface area contributed by atoms with E-state index in [1.165, 1.54) is 23.5 Å². The third-order valence-corrected chi connectivity index (χ3v) is 5.56. The molecule has 0 saturated carbocycles. The smallest absolute Gasteiger partial charge is 0.207 e. The van der Waals surface area contributed by atoms with Crippen molar-refractivity contribution in [3.63, 3.8) is 0 Å². The van der Waals surface area contributed by atoms with Gasteiger partial charge in [0.1, 0.15) is 10.7 Å². The molecule has 0 amide bonds. The predicted octanol–water partition coefficient (Wildman–Crippen LogP) is 3.25. The van der Waals surface area contributed by atoms with Crippen LogP contribution in [0.1, 0.15) is 20.8 Å². The van der Waals surface area contributed by atoms with Gasteiger partial charge in [-0.15, -0.1) is 0 Å². The lowest BCUT2D eigenvalue weighted by Gasteiger charge is -2.27. The normalized spacial score (nSPS) is 14.2. The van der Waals surface area contributed by atoms with Crippen LogP contribution < -0.4 is 0 Å². The van der Waals surface area contributed by atoms with Gasteiger partial charge in [0.05, 0.1) is 0 Å². The molecule has 0 saturated heterocycles. The molecule has 0 aliphatic rings. The van der Waals surface area contributed by atoms with Crippen LogP contribution in [0.15, 0.2) is 27.6 Å². The number of sulfonamides is 1. The zero-order valence-electron chi connectivity index (χ0n) is 10.8. The molecule has 18 heavy (non-hydrogen) atoms. The van der Waals surface area contributed by atoms with Gasteiger partial charge in [-0.2, -0.15) is 4.31 Å². The van der Waals surface area contributed by atoms with Gasteiger partial charge in [0, 0.05) is 17.6 Å². The third kappa shape index (κ3) is 3.10. The van der Waals surface area contributed by atoms with Crippen LogP contribution in [-0.2, 0) is 10.0 Å². The summed E-state index contributed by atoms with van der Waals surface area (Å²) in [5, 5.41) is 0. The molecule has 0 aliphatic heterocycles. The second kappa shape index (κ2) is 5.67. The van der Waals surface area contributed by atoms with Gasteiger partial charge < -0.3 is 0 Å². The molecule has 0 aromatic heterocycles. The largest absolute Gasteiger partial charge is 0.245 e. The molecule has 102 valence electrons. The molecular weight excluding hydrogens is 321 g/mol. The van der Waals surface area contributed by atoms with Gasteiger partial charge in [0.2, 0.25) is 10.0 Å². The van der Waals surface area contributed by atoms with Crippen LogP contribution in [0.4, 0.5) is 4.39 Å². The average Bonchev–Trinajstić information content (AvgIpc) is 2.26. The lowest BCUT2D eigenvalue weighted by molar-refractivity contribution is 0.314. The van der Waals surface area contributed by atoms with E-state index >= 15 is 0 Å². The number of hydrogen-bond donors (Lipinski definition) is 0. The molecular formula is C12H17BrFNO2S. The number of halogens is 2. The first-order valence-corrected chi connectivity index (χ1v) is 7.84. The van der Waals surface area contributed by atoms with Gasteiger partial charge in [-0.25, -0.2) is 12.8 Å². The van der Waals surface area contributed by atoms with Crippen molar-refractivity contribution < 1.29 is 12.8 Å². The van der Waals surface area contributed by atoms with E-state index in [2.05, 4.69) is 15.9 Å². The molecule has 1 aromatic carbocycles. The molecule has 6 heteroatoms. The zero-order valence-corrected chi connectivity index (χ0v) is 13.2. The molecule has 0 radical (unpaired) electrons. The van der Waals surface area contributed by atoms with Crippen LogP contribution in [0.5, 0.6) is 0 Å². The molecule has 0 aliphatic carbocycles. The zero-order chi connectivity index (χ0) is 14.1. The Morgan fingerprint density at radius 1 is 1.28 bits per heavy atom. The van der Waals surface area contributed by atoms with Crippen molar-refractivity contribution in [3.05, 3.63) is 28.5 Å². The van der Waals surface area contributed by atoms with E-state index in [0.717, 1.165) is 6.07 Å². The summed E-state index contributed by atoms with van der Waals surface area (Å²) in [5.74, 6) is -0.588. The van der Waals surface area contributed by atoms with Crippen molar-refractivity contribution in [2.24, 2.45) is 5.92 Å². The lowest BCUT2D eigenvalue weighted by Crippen LogP contribution is -2.38. The Hall–Kier alpha value is -0.460. The summed E-state index contributed by atoms with van der Waals surface area (Å²) in [6.45, 7) is 5.65. The summed E-state index contributed by atoms with van der Waals surface area (Å²) >= 11 is 3.10.